The number of fused-ring (bicyclic) bond motifs is 1. The number of anilines is 1. The second kappa shape index (κ2) is 9.18. The third-order valence-electron chi connectivity index (χ3n) is 5.96. The predicted octanol–water partition coefficient (Wildman–Crippen LogP) is 3.25. The lowest BCUT2D eigenvalue weighted by molar-refractivity contribution is -0.130. The van der Waals surface area contributed by atoms with Gasteiger partial charge in [0.05, 0.1) is 11.4 Å². The van der Waals surface area contributed by atoms with Crippen LogP contribution < -0.4 is 5.32 Å². The van der Waals surface area contributed by atoms with E-state index in [1.807, 2.05) is 17.0 Å². The van der Waals surface area contributed by atoms with E-state index in [0.717, 1.165) is 32.1 Å². The number of carbonyl (C=O) groups is 1. The van der Waals surface area contributed by atoms with Crippen molar-refractivity contribution in [1.29, 1.82) is 0 Å². The lowest BCUT2D eigenvalue weighted by Gasteiger charge is -2.29. The Labute approximate surface area is 178 Å². The highest BCUT2D eigenvalue weighted by Gasteiger charge is 2.25. The van der Waals surface area contributed by atoms with Gasteiger partial charge < -0.3 is 10.2 Å². The fourth-order valence-corrected chi connectivity index (χ4v) is 5.76. The van der Waals surface area contributed by atoms with Crippen LogP contribution in [0.5, 0.6) is 0 Å². The molecule has 2 aromatic carbocycles. The van der Waals surface area contributed by atoms with E-state index in [1.54, 1.807) is 28.6 Å². The summed E-state index contributed by atoms with van der Waals surface area (Å²) in [5.41, 5.74) is 3.15. The minimum atomic E-state index is -3.50. The van der Waals surface area contributed by atoms with E-state index in [4.69, 9.17) is 0 Å². The third kappa shape index (κ3) is 4.68. The summed E-state index contributed by atoms with van der Waals surface area (Å²) in [6, 6.07) is 15.0. The molecule has 160 valence electrons. The average Bonchev–Trinajstić information content (AvgIpc) is 3.07. The molecule has 7 heteroatoms. The molecule has 1 fully saturated rings. The third-order valence-corrected chi connectivity index (χ3v) is 7.86. The van der Waals surface area contributed by atoms with Gasteiger partial charge in [-0.05, 0) is 48.6 Å². The second-order valence-electron chi connectivity index (χ2n) is 8.03. The standard InChI is InChI=1S/C23H29N3O3S/c27-23(25-15-12-19-8-3-4-9-20(19)18-25)17-24-21-10-7-11-22(16-21)30(28,29)26-13-5-1-2-6-14-26/h3-4,7-11,16,24H,1-2,5-6,12-15,17-18H2. The van der Waals surface area contributed by atoms with Crippen LogP contribution in [-0.4, -0.2) is 49.7 Å². The molecule has 0 radical (unpaired) electrons. The second-order valence-corrected chi connectivity index (χ2v) is 9.97. The number of sulfonamides is 1. The molecular formula is C23H29N3O3S. The van der Waals surface area contributed by atoms with Crippen LogP contribution in [0.15, 0.2) is 53.4 Å². The van der Waals surface area contributed by atoms with Crippen molar-refractivity contribution in [2.75, 3.05) is 31.5 Å². The quantitative estimate of drug-likeness (QED) is 0.795. The topological polar surface area (TPSA) is 69.7 Å². The van der Waals surface area contributed by atoms with Crippen molar-refractivity contribution in [3.63, 3.8) is 0 Å². The number of carbonyl (C=O) groups excluding carboxylic acids is 1. The summed E-state index contributed by atoms with van der Waals surface area (Å²) in [4.78, 5) is 14.8. The van der Waals surface area contributed by atoms with Crippen LogP contribution in [0.2, 0.25) is 0 Å². The van der Waals surface area contributed by atoms with Crippen molar-refractivity contribution in [2.45, 2.75) is 43.5 Å². The summed E-state index contributed by atoms with van der Waals surface area (Å²) in [7, 11) is -3.50. The zero-order valence-electron chi connectivity index (χ0n) is 17.2. The molecule has 4 rings (SSSR count). The molecule has 2 aromatic rings. The van der Waals surface area contributed by atoms with Gasteiger partial charge in [0.15, 0.2) is 0 Å². The van der Waals surface area contributed by atoms with Gasteiger partial charge in [0, 0.05) is 31.9 Å². The van der Waals surface area contributed by atoms with Gasteiger partial charge in [-0.25, -0.2) is 8.42 Å². The van der Waals surface area contributed by atoms with Crippen molar-refractivity contribution in [2.24, 2.45) is 0 Å². The molecule has 0 aromatic heterocycles. The maximum Gasteiger partial charge on any atom is 0.243 e. The van der Waals surface area contributed by atoms with E-state index in [9.17, 15) is 13.2 Å². The Morgan fingerprint density at radius 3 is 2.40 bits per heavy atom. The van der Waals surface area contributed by atoms with Gasteiger partial charge in [-0.15, -0.1) is 0 Å². The van der Waals surface area contributed by atoms with Crippen LogP contribution in [0.1, 0.15) is 36.8 Å². The Kier molecular flexibility index (Phi) is 6.39. The molecule has 1 amide bonds. The van der Waals surface area contributed by atoms with Gasteiger partial charge in [0.25, 0.3) is 0 Å². The fourth-order valence-electron chi connectivity index (χ4n) is 4.20. The normalized spacial score (nSPS) is 17.8. The zero-order chi connectivity index (χ0) is 21.0. The maximum atomic E-state index is 13.0. The first-order chi connectivity index (χ1) is 14.5. The number of hydrogen-bond donors (Lipinski definition) is 1. The largest absolute Gasteiger partial charge is 0.376 e. The van der Waals surface area contributed by atoms with Crippen molar-refractivity contribution in [1.82, 2.24) is 9.21 Å². The summed E-state index contributed by atoms with van der Waals surface area (Å²) in [6.07, 6.45) is 4.84. The summed E-state index contributed by atoms with van der Waals surface area (Å²) >= 11 is 0. The van der Waals surface area contributed by atoms with Gasteiger partial charge in [-0.1, -0.05) is 43.2 Å². The highest BCUT2D eigenvalue weighted by molar-refractivity contribution is 7.89. The number of benzene rings is 2. The molecule has 0 spiro atoms. The molecule has 6 nitrogen and oxygen atoms in total. The number of nitrogens with zero attached hydrogens (tertiary/aromatic N) is 2. The smallest absolute Gasteiger partial charge is 0.243 e. The zero-order valence-corrected chi connectivity index (χ0v) is 18.0. The molecule has 2 aliphatic heterocycles. The molecule has 30 heavy (non-hydrogen) atoms. The number of rotatable bonds is 5. The molecular weight excluding hydrogens is 398 g/mol. The molecule has 2 heterocycles. The van der Waals surface area contributed by atoms with Crippen molar-refractivity contribution < 1.29 is 13.2 Å². The Bertz CT molecular complexity index is 998. The van der Waals surface area contributed by atoms with Gasteiger partial charge in [-0.3, -0.25) is 4.79 Å². The fraction of sp³-hybridized carbons (Fsp3) is 0.435. The van der Waals surface area contributed by atoms with E-state index < -0.39 is 10.0 Å². The van der Waals surface area contributed by atoms with E-state index in [-0.39, 0.29) is 17.3 Å². The summed E-state index contributed by atoms with van der Waals surface area (Å²) in [5.74, 6) is 0.0188. The van der Waals surface area contributed by atoms with E-state index in [1.165, 1.54) is 11.1 Å². The van der Waals surface area contributed by atoms with Crippen molar-refractivity contribution in [3.8, 4) is 0 Å². The van der Waals surface area contributed by atoms with E-state index >= 15 is 0 Å². The SMILES string of the molecule is O=C(CNc1cccc(S(=O)(=O)N2CCCCCC2)c1)N1CCc2ccccc2C1. The van der Waals surface area contributed by atoms with Crippen LogP contribution in [0.25, 0.3) is 0 Å². The van der Waals surface area contributed by atoms with Gasteiger partial charge in [0.2, 0.25) is 15.9 Å². The van der Waals surface area contributed by atoms with Gasteiger partial charge in [-0.2, -0.15) is 4.31 Å². The maximum absolute atomic E-state index is 13.0. The van der Waals surface area contributed by atoms with Gasteiger partial charge >= 0.3 is 0 Å². The van der Waals surface area contributed by atoms with Crippen LogP contribution >= 0.6 is 0 Å². The Balaban J connectivity index is 1.39. The number of amides is 1. The van der Waals surface area contributed by atoms with E-state index in [2.05, 4.69) is 17.4 Å². The van der Waals surface area contributed by atoms with Gasteiger partial charge in [0.1, 0.15) is 0 Å². The summed E-state index contributed by atoms with van der Waals surface area (Å²) < 4.78 is 27.6. The first kappa shape index (κ1) is 20.9. The minimum absolute atomic E-state index is 0.0188. The van der Waals surface area contributed by atoms with E-state index in [0.29, 0.717) is 31.9 Å². The first-order valence-corrected chi connectivity index (χ1v) is 12.2. The van der Waals surface area contributed by atoms with Crippen LogP contribution in [0, 0.1) is 0 Å². The Morgan fingerprint density at radius 2 is 1.63 bits per heavy atom. The minimum Gasteiger partial charge on any atom is -0.376 e. The predicted molar refractivity (Wildman–Crippen MR) is 118 cm³/mol. The molecule has 0 unspecified atom stereocenters. The number of hydrogen-bond acceptors (Lipinski definition) is 4. The lowest BCUT2D eigenvalue weighted by Crippen LogP contribution is -2.39. The monoisotopic (exact) mass is 427 g/mol. The molecule has 0 aliphatic carbocycles. The Hall–Kier alpha value is -2.38. The van der Waals surface area contributed by atoms with Crippen LogP contribution in [-0.2, 0) is 27.8 Å². The Morgan fingerprint density at radius 1 is 0.900 bits per heavy atom. The molecule has 0 atom stereocenters. The highest BCUT2D eigenvalue weighted by Crippen LogP contribution is 2.23. The van der Waals surface area contributed by atoms with Crippen molar-refractivity contribution in [3.05, 3.63) is 59.7 Å². The molecule has 1 N–H and O–H groups in total. The molecule has 1 saturated heterocycles. The van der Waals surface area contributed by atoms with Crippen molar-refractivity contribution >= 4 is 21.6 Å². The number of nitrogens with one attached hydrogen (secondary N) is 1. The summed E-state index contributed by atoms with van der Waals surface area (Å²) in [5, 5.41) is 3.12. The average molecular weight is 428 g/mol. The molecule has 0 bridgehead atoms. The molecule has 2 aliphatic rings. The van der Waals surface area contributed by atoms with Crippen LogP contribution in [0.4, 0.5) is 5.69 Å². The molecule has 0 saturated carbocycles. The highest BCUT2D eigenvalue weighted by atomic mass is 32.2. The van der Waals surface area contributed by atoms with Crippen LogP contribution in [0.3, 0.4) is 0 Å². The summed E-state index contributed by atoms with van der Waals surface area (Å²) in [6.45, 7) is 2.64. The first-order valence-electron chi connectivity index (χ1n) is 10.7. The lowest BCUT2D eigenvalue weighted by atomic mass is 10.00.